The maximum absolute atomic E-state index is 8.66. The minimum atomic E-state index is 0.121. The zero-order chi connectivity index (χ0) is 13.9. The van der Waals surface area contributed by atoms with Crippen molar-refractivity contribution in [1.29, 1.82) is 0 Å². The second kappa shape index (κ2) is 9.57. The van der Waals surface area contributed by atoms with Gasteiger partial charge in [0.05, 0.1) is 13.2 Å². The van der Waals surface area contributed by atoms with Gasteiger partial charge in [-0.1, -0.05) is 24.0 Å². The standard InChI is InChI=1S/C16H23NO2/c1-3-19-13-11-17(2)14-16-9-7-15(8-10-16)6-4-5-12-18/h7-10,18H,3,5,11-14H2,1-2H3. The van der Waals surface area contributed by atoms with E-state index in [0.29, 0.717) is 6.42 Å². The van der Waals surface area contributed by atoms with Gasteiger partial charge in [0.1, 0.15) is 0 Å². The molecule has 19 heavy (non-hydrogen) atoms. The van der Waals surface area contributed by atoms with E-state index in [0.717, 1.165) is 31.9 Å². The van der Waals surface area contributed by atoms with Crippen molar-refractivity contribution in [3.63, 3.8) is 0 Å². The summed E-state index contributed by atoms with van der Waals surface area (Å²) in [5, 5.41) is 8.66. The summed E-state index contributed by atoms with van der Waals surface area (Å²) >= 11 is 0. The SMILES string of the molecule is CCOCCN(C)Cc1ccc(C#CCCO)cc1. The Morgan fingerprint density at radius 2 is 2.00 bits per heavy atom. The Morgan fingerprint density at radius 1 is 1.26 bits per heavy atom. The number of hydrogen-bond acceptors (Lipinski definition) is 3. The normalized spacial score (nSPS) is 10.3. The Kier molecular flexibility index (Phi) is 7.92. The van der Waals surface area contributed by atoms with Crippen LogP contribution in [-0.4, -0.2) is 43.4 Å². The van der Waals surface area contributed by atoms with Gasteiger partial charge in [0.25, 0.3) is 0 Å². The lowest BCUT2D eigenvalue weighted by Gasteiger charge is -2.16. The molecule has 0 saturated heterocycles. The van der Waals surface area contributed by atoms with Gasteiger partial charge in [-0.3, -0.25) is 4.90 Å². The van der Waals surface area contributed by atoms with Crippen molar-refractivity contribution < 1.29 is 9.84 Å². The molecule has 1 aromatic carbocycles. The van der Waals surface area contributed by atoms with Gasteiger partial charge in [-0.05, 0) is 31.7 Å². The Bertz CT molecular complexity index is 403. The quantitative estimate of drug-likeness (QED) is 0.601. The lowest BCUT2D eigenvalue weighted by Crippen LogP contribution is -2.22. The second-order valence-electron chi connectivity index (χ2n) is 4.41. The van der Waals surface area contributed by atoms with Crippen LogP contribution in [0.5, 0.6) is 0 Å². The number of nitrogens with zero attached hydrogens (tertiary/aromatic N) is 1. The highest BCUT2D eigenvalue weighted by Gasteiger charge is 2.00. The van der Waals surface area contributed by atoms with Crippen molar-refractivity contribution >= 4 is 0 Å². The zero-order valence-electron chi connectivity index (χ0n) is 11.9. The van der Waals surface area contributed by atoms with Crippen molar-refractivity contribution in [3.8, 4) is 11.8 Å². The largest absolute Gasteiger partial charge is 0.395 e. The molecular weight excluding hydrogens is 238 g/mol. The number of rotatable bonds is 7. The van der Waals surface area contributed by atoms with E-state index >= 15 is 0 Å². The van der Waals surface area contributed by atoms with Crippen molar-refractivity contribution in [2.75, 3.05) is 33.4 Å². The summed E-state index contributed by atoms with van der Waals surface area (Å²) in [7, 11) is 2.09. The number of hydrogen-bond donors (Lipinski definition) is 1. The third-order valence-corrected chi connectivity index (χ3v) is 2.70. The molecule has 0 saturated carbocycles. The molecule has 3 nitrogen and oxygen atoms in total. The van der Waals surface area contributed by atoms with Gasteiger partial charge < -0.3 is 9.84 Å². The van der Waals surface area contributed by atoms with Gasteiger partial charge in [0, 0.05) is 31.7 Å². The molecule has 0 spiro atoms. The van der Waals surface area contributed by atoms with Crippen LogP contribution in [0, 0.1) is 11.8 Å². The van der Waals surface area contributed by atoms with Gasteiger partial charge in [-0.15, -0.1) is 0 Å². The Morgan fingerprint density at radius 3 is 2.63 bits per heavy atom. The molecule has 0 unspecified atom stereocenters. The van der Waals surface area contributed by atoms with E-state index in [-0.39, 0.29) is 6.61 Å². The topological polar surface area (TPSA) is 32.7 Å². The summed E-state index contributed by atoms with van der Waals surface area (Å²) in [6.45, 7) is 5.53. The van der Waals surface area contributed by atoms with Crippen molar-refractivity contribution in [3.05, 3.63) is 35.4 Å². The smallest absolute Gasteiger partial charge is 0.0593 e. The summed E-state index contributed by atoms with van der Waals surface area (Å²) in [6, 6.07) is 8.24. The minimum Gasteiger partial charge on any atom is -0.395 e. The van der Waals surface area contributed by atoms with Crippen molar-refractivity contribution in [2.24, 2.45) is 0 Å². The fraction of sp³-hybridized carbons (Fsp3) is 0.500. The summed E-state index contributed by atoms with van der Waals surface area (Å²) in [5.74, 6) is 5.94. The van der Waals surface area contributed by atoms with Crippen molar-refractivity contribution in [1.82, 2.24) is 4.90 Å². The highest BCUT2D eigenvalue weighted by molar-refractivity contribution is 5.36. The molecule has 0 amide bonds. The first kappa shape index (κ1) is 15.7. The summed E-state index contributed by atoms with van der Waals surface area (Å²) < 4.78 is 5.34. The molecule has 0 aromatic heterocycles. The fourth-order valence-corrected chi connectivity index (χ4v) is 1.67. The Labute approximate surface area is 116 Å². The molecule has 1 aromatic rings. The van der Waals surface area contributed by atoms with E-state index in [1.54, 1.807) is 0 Å². The third-order valence-electron chi connectivity index (χ3n) is 2.70. The molecule has 1 N–H and O–H groups in total. The van der Waals surface area contributed by atoms with Crippen LogP contribution in [-0.2, 0) is 11.3 Å². The van der Waals surface area contributed by atoms with Crippen molar-refractivity contribution in [2.45, 2.75) is 19.9 Å². The number of likely N-dealkylation sites (N-methyl/N-ethyl adjacent to an activating group) is 1. The minimum absolute atomic E-state index is 0.121. The molecule has 104 valence electrons. The van der Waals surface area contributed by atoms with Crippen LogP contribution >= 0.6 is 0 Å². The van der Waals surface area contributed by atoms with Gasteiger partial charge in [0.2, 0.25) is 0 Å². The monoisotopic (exact) mass is 261 g/mol. The van der Waals surface area contributed by atoms with Crippen LogP contribution in [0.15, 0.2) is 24.3 Å². The number of aliphatic hydroxyl groups is 1. The van der Waals surface area contributed by atoms with E-state index < -0.39 is 0 Å². The van der Waals surface area contributed by atoms with Crippen LogP contribution < -0.4 is 0 Å². The maximum atomic E-state index is 8.66. The molecule has 0 heterocycles. The van der Waals surface area contributed by atoms with Gasteiger partial charge in [0.15, 0.2) is 0 Å². The number of benzene rings is 1. The molecule has 0 bridgehead atoms. The first-order valence-electron chi connectivity index (χ1n) is 6.71. The lowest BCUT2D eigenvalue weighted by molar-refractivity contribution is 0.120. The van der Waals surface area contributed by atoms with Crippen LogP contribution in [0.1, 0.15) is 24.5 Å². The molecule has 0 atom stereocenters. The molecule has 3 heteroatoms. The highest BCUT2D eigenvalue weighted by Crippen LogP contribution is 2.06. The average Bonchev–Trinajstić information content (AvgIpc) is 2.41. The molecule has 0 radical (unpaired) electrons. The van der Waals surface area contributed by atoms with E-state index in [2.05, 4.69) is 35.9 Å². The van der Waals surface area contributed by atoms with Crippen LogP contribution in [0.4, 0.5) is 0 Å². The Hall–Kier alpha value is -1.34. The zero-order valence-corrected chi connectivity index (χ0v) is 11.9. The first-order chi connectivity index (χ1) is 9.26. The van der Waals surface area contributed by atoms with E-state index in [1.165, 1.54) is 5.56 Å². The van der Waals surface area contributed by atoms with E-state index in [4.69, 9.17) is 9.84 Å². The van der Waals surface area contributed by atoms with E-state index in [1.807, 2.05) is 19.1 Å². The van der Waals surface area contributed by atoms with E-state index in [9.17, 15) is 0 Å². The lowest BCUT2D eigenvalue weighted by atomic mass is 10.1. The summed E-state index contributed by atoms with van der Waals surface area (Å²) in [4.78, 5) is 2.24. The predicted octanol–water partition coefficient (Wildman–Crippen LogP) is 1.89. The van der Waals surface area contributed by atoms with Gasteiger partial charge in [-0.25, -0.2) is 0 Å². The number of ether oxygens (including phenoxy) is 1. The molecule has 1 rings (SSSR count). The second-order valence-corrected chi connectivity index (χ2v) is 4.41. The molecule has 0 aliphatic heterocycles. The highest BCUT2D eigenvalue weighted by atomic mass is 16.5. The average molecular weight is 261 g/mol. The van der Waals surface area contributed by atoms with Gasteiger partial charge >= 0.3 is 0 Å². The van der Waals surface area contributed by atoms with Crippen LogP contribution in [0.25, 0.3) is 0 Å². The maximum Gasteiger partial charge on any atom is 0.0593 e. The molecule has 0 aliphatic carbocycles. The predicted molar refractivity (Wildman–Crippen MR) is 77.8 cm³/mol. The fourth-order valence-electron chi connectivity index (χ4n) is 1.67. The molecule has 0 aliphatic rings. The molecular formula is C16H23NO2. The Balaban J connectivity index is 2.41. The molecule has 0 fully saturated rings. The summed E-state index contributed by atoms with van der Waals surface area (Å²) in [5.41, 5.74) is 2.26. The first-order valence-corrected chi connectivity index (χ1v) is 6.71. The van der Waals surface area contributed by atoms with Crippen LogP contribution in [0.3, 0.4) is 0 Å². The van der Waals surface area contributed by atoms with Crippen LogP contribution in [0.2, 0.25) is 0 Å². The number of aliphatic hydroxyl groups excluding tert-OH is 1. The summed E-state index contributed by atoms with van der Waals surface area (Å²) in [6.07, 6.45) is 0.530. The van der Waals surface area contributed by atoms with Gasteiger partial charge in [-0.2, -0.15) is 0 Å². The third kappa shape index (κ3) is 6.97.